The van der Waals surface area contributed by atoms with E-state index in [2.05, 4.69) is 40.1 Å². The topological polar surface area (TPSA) is 54.9 Å². The Morgan fingerprint density at radius 3 is 3.08 bits per heavy atom. The summed E-state index contributed by atoms with van der Waals surface area (Å²) in [5.41, 5.74) is 0. The molecule has 2 heterocycles. The summed E-state index contributed by atoms with van der Waals surface area (Å²) < 4.78 is 11.2. The molecule has 2 rings (SSSR count). The van der Waals surface area contributed by atoms with E-state index in [4.69, 9.17) is 9.47 Å². The van der Waals surface area contributed by atoms with Crippen LogP contribution in [0.2, 0.25) is 0 Å². The molecule has 0 amide bonds. The maximum Gasteiger partial charge on any atom is 0.191 e. The van der Waals surface area contributed by atoms with Crippen molar-refractivity contribution in [2.45, 2.75) is 38.7 Å². The zero-order valence-corrected chi connectivity index (χ0v) is 17.6. The number of hydrogen-bond acceptors (Lipinski definition) is 4. The fourth-order valence-corrected chi connectivity index (χ4v) is 3.16. The van der Waals surface area contributed by atoms with E-state index in [1.54, 1.807) is 11.3 Å². The van der Waals surface area contributed by atoms with Crippen molar-refractivity contribution in [2.24, 2.45) is 4.99 Å². The number of guanidine groups is 1. The third-order valence-corrected chi connectivity index (χ3v) is 4.57. The normalized spacial score (nSPS) is 17.5. The molecule has 1 fully saturated rings. The predicted octanol–water partition coefficient (Wildman–Crippen LogP) is 3.05. The lowest BCUT2D eigenvalue weighted by Crippen LogP contribution is -2.38. The lowest BCUT2D eigenvalue weighted by molar-refractivity contribution is 0.0171. The van der Waals surface area contributed by atoms with E-state index in [0.29, 0.717) is 6.10 Å². The molecular formula is C17H30IN3O2S. The Kier molecular flexibility index (Phi) is 12.5. The first-order valence-corrected chi connectivity index (χ1v) is 9.50. The van der Waals surface area contributed by atoms with Gasteiger partial charge in [-0.15, -0.1) is 35.3 Å². The third kappa shape index (κ3) is 9.19. The molecule has 138 valence electrons. The molecule has 0 aliphatic carbocycles. The zero-order valence-electron chi connectivity index (χ0n) is 14.5. The number of nitrogens with zero attached hydrogens (tertiary/aromatic N) is 1. The molecule has 0 radical (unpaired) electrons. The molecule has 0 bridgehead atoms. The number of aliphatic imine (C=N–C) groups is 1. The molecule has 0 aromatic carbocycles. The van der Waals surface area contributed by atoms with E-state index in [0.717, 1.165) is 64.7 Å². The van der Waals surface area contributed by atoms with E-state index in [1.165, 1.54) is 11.3 Å². The van der Waals surface area contributed by atoms with E-state index >= 15 is 0 Å². The second-order valence-electron chi connectivity index (χ2n) is 5.58. The van der Waals surface area contributed by atoms with Gasteiger partial charge in [-0.25, -0.2) is 0 Å². The van der Waals surface area contributed by atoms with Gasteiger partial charge >= 0.3 is 0 Å². The smallest absolute Gasteiger partial charge is 0.191 e. The van der Waals surface area contributed by atoms with Crippen molar-refractivity contribution in [1.29, 1.82) is 0 Å². The van der Waals surface area contributed by atoms with Gasteiger partial charge in [-0.2, -0.15) is 0 Å². The monoisotopic (exact) mass is 467 g/mol. The van der Waals surface area contributed by atoms with Crippen LogP contribution in [0.5, 0.6) is 0 Å². The minimum Gasteiger partial charge on any atom is -0.379 e. The molecule has 1 unspecified atom stereocenters. The molecule has 0 spiro atoms. The highest BCUT2D eigenvalue weighted by molar-refractivity contribution is 14.0. The average molecular weight is 467 g/mol. The van der Waals surface area contributed by atoms with E-state index < -0.39 is 0 Å². The van der Waals surface area contributed by atoms with Crippen molar-refractivity contribution in [3.63, 3.8) is 0 Å². The molecule has 0 saturated carbocycles. The van der Waals surface area contributed by atoms with Crippen molar-refractivity contribution >= 4 is 41.3 Å². The Labute approximate surface area is 166 Å². The first-order valence-electron chi connectivity index (χ1n) is 8.62. The summed E-state index contributed by atoms with van der Waals surface area (Å²) in [5.74, 6) is 0.892. The van der Waals surface area contributed by atoms with Gasteiger partial charge in [0.15, 0.2) is 5.96 Å². The van der Waals surface area contributed by atoms with Gasteiger partial charge in [0.2, 0.25) is 0 Å². The summed E-state index contributed by atoms with van der Waals surface area (Å²) in [7, 11) is 0. The fraction of sp³-hybridized carbons (Fsp3) is 0.706. The molecule has 24 heavy (non-hydrogen) atoms. The number of halogens is 1. The molecule has 2 N–H and O–H groups in total. The Balaban J connectivity index is 0.00000288. The van der Waals surface area contributed by atoms with Crippen LogP contribution in [-0.4, -0.2) is 51.5 Å². The summed E-state index contributed by atoms with van der Waals surface area (Å²) in [6.45, 7) is 7.01. The van der Waals surface area contributed by atoms with Crippen LogP contribution in [0, 0.1) is 0 Å². The maximum absolute atomic E-state index is 5.66. The van der Waals surface area contributed by atoms with Gasteiger partial charge in [0.1, 0.15) is 0 Å². The third-order valence-electron chi connectivity index (χ3n) is 3.63. The van der Waals surface area contributed by atoms with Crippen LogP contribution in [0.1, 0.15) is 31.1 Å². The Morgan fingerprint density at radius 2 is 2.38 bits per heavy atom. The quantitative estimate of drug-likeness (QED) is 0.241. The van der Waals surface area contributed by atoms with Crippen LogP contribution >= 0.6 is 35.3 Å². The van der Waals surface area contributed by atoms with E-state index in [9.17, 15) is 0 Å². The molecule has 1 atom stereocenters. The summed E-state index contributed by atoms with van der Waals surface area (Å²) in [4.78, 5) is 5.99. The molecule has 1 saturated heterocycles. The lowest BCUT2D eigenvalue weighted by Gasteiger charge is -2.11. The molecule has 1 aliphatic heterocycles. The average Bonchev–Trinajstić information content (AvgIpc) is 3.24. The summed E-state index contributed by atoms with van der Waals surface area (Å²) >= 11 is 1.80. The Morgan fingerprint density at radius 1 is 1.46 bits per heavy atom. The van der Waals surface area contributed by atoms with Gasteiger partial charge in [-0.3, -0.25) is 4.99 Å². The molecule has 7 heteroatoms. The van der Waals surface area contributed by atoms with E-state index in [1.807, 2.05) is 0 Å². The zero-order chi connectivity index (χ0) is 16.2. The van der Waals surface area contributed by atoms with Crippen LogP contribution < -0.4 is 10.6 Å². The van der Waals surface area contributed by atoms with Crippen molar-refractivity contribution in [2.75, 3.05) is 39.5 Å². The van der Waals surface area contributed by atoms with Crippen LogP contribution in [-0.2, 0) is 15.9 Å². The summed E-state index contributed by atoms with van der Waals surface area (Å²) in [6.07, 6.45) is 4.59. The van der Waals surface area contributed by atoms with Crippen LogP contribution in [0.3, 0.4) is 0 Å². The largest absolute Gasteiger partial charge is 0.379 e. The van der Waals surface area contributed by atoms with Gasteiger partial charge in [0, 0.05) is 37.7 Å². The van der Waals surface area contributed by atoms with Gasteiger partial charge in [0.25, 0.3) is 0 Å². The van der Waals surface area contributed by atoms with E-state index in [-0.39, 0.29) is 24.0 Å². The van der Waals surface area contributed by atoms with Gasteiger partial charge in [-0.1, -0.05) is 6.07 Å². The molecule has 1 aliphatic rings. The molecule has 1 aromatic rings. The van der Waals surface area contributed by atoms with Crippen LogP contribution in [0.15, 0.2) is 22.5 Å². The standard InChI is InChI=1S/C17H29N3O2S.HI/c1-2-18-17(20-10-8-16-7-4-13-23-16)19-9-5-11-21-14-15-6-3-12-22-15;/h4,7,13,15H,2-3,5-6,8-12,14H2,1H3,(H2,18,19,20);1H. The first-order chi connectivity index (χ1) is 11.4. The van der Waals surface area contributed by atoms with Crippen molar-refractivity contribution in [3.05, 3.63) is 22.4 Å². The second-order valence-corrected chi connectivity index (χ2v) is 6.61. The summed E-state index contributed by atoms with van der Waals surface area (Å²) in [6, 6.07) is 4.26. The predicted molar refractivity (Wildman–Crippen MR) is 112 cm³/mol. The van der Waals surface area contributed by atoms with Crippen molar-refractivity contribution < 1.29 is 9.47 Å². The van der Waals surface area contributed by atoms with Gasteiger partial charge in [0.05, 0.1) is 12.7 Å². The fourth-order valence-electron chi connectivity index (χ4n) is 2.45. The van der Waals surface area contributed by atoms with Crippen LogP contribution in [0.4, 0.5) is 0 Å². The van der Waals surface area contributed by atoms with Crippen molar-refractivity contribution in [3.8, 4) is 0 Å². The minimum atomic E-state index is 0. The Hall–Kier alpha value is -0.380. The second kappa shape index (κ2) is 13.9. The Bertz CT molecular complexity index is 437. The highest BCUT2D eigenvalue weighted by atomic mass is 127. The highest BCUT2D eigenvalue weighted by Crippen LogP contribution is 2.11. The number of hydrogen-bond donors (Lipinski definition) is 2. The van der Waals surface area contributed by atoms with Crippen molar-refractivity contribution in [1.82, 2.24) is 10.6 Å². The molecule has 1 aromatic heterocycles. The minimum absolute atomic E-state index is 0. The number of thiophene rings is 1. The SMILES string of the molecule is CCNC(=NCCCOCC1CCCO1)NCCc1cccs1.I. The van der Waals surface area contributed by atoms with Gasteiger partial charge in [-0.05, 0) is 44.1 Å². The lowest BCUT2D eigenvalue weighted by atomic mass is 10.2. The highest BCUT2D eigenvalue weighted by Gasteiger charge is 2.14. The summed E-state index contributed by atoms with van der Waals surface area (Å²) in [5, 5.41) is 8.78. The number of rotatable bonds is 10. The first kappa shape index (κ1) is 21.7. The number of nitrogens with one attached hydrogen (secondary N) is 2. The van der Waals surface area contributed by atoms with Gasteiger partial charge < -0.3 is 20.1 Å². The molecule has 5 nitrogen and oxygen atoms in total. The number of ether oxygens (including phenoxy) is 2. The maximum atomic E-state index is 5.66. The molecular weight excluding hydrogens is 437 g/mol. The van der Waals surface area contributed by atoms with Crippen LogP contribution in [0.25, 0.3) is 0 Å².